The van der Waals surface area contributed by atoms with E-state index in [4.69, 9.17) is 5.11 Å². The summed E-state index contributed by atoms with van der Waals surface area (Å²) in [5, 5.41) is 16.5. The lowest BCUT2D eigenvalue weighted by Gasteiger charge is -2.44. The van der Waals surface area contributed by atoms with Crippen LogP contribution in [-0.2, 0) is 11.2 Å². The SMILES string of the molecule is CCc1cnc(C(C)NC2(CC(=O)O)CNC2)s1. The van der Waals surface area contributed by atoms with Crippen molar-refractivity contribution in [3.63, 3.8) is 0 Å². The lowest BCUT2D eigenvalue weighted by Crippen LogP contribution is -2.68. The first-order chi connectivity index (χ1) is 8.54. The number of nitrogens with zero attached hydrogens (tertiary/aromatic N) is 1. The summed E-state index contributed by atoms with van der Waals surface area (Å²) in [6.07, 6.45) is 3.05. The van der Waals surface area contributed by atoms with E-state index in [0.29, 0.717) is 13.1 Å². The third kappa shape index (κ3) is 2.88. The number of thiazole rings is 1. The first kappa shape index (κ1) is 13.5. The summed E-state index contributed by atoms with van der Waals surface area (Å²) in [7, 11) is 0. The van der Waals surface area contributed by atoms with E-state index in [1.54, 1.807) is 11.3 Å². The topological polar surface area (TPSA) is 74.2 Å². The van der Waals surface area contributed by atoms with Gasteiger partial charge in [-0.2, -0.15) is 0 Å². The maximum Gasteiger partial charge on any atom is 0.305 e. The molecule has 1 aromatic heterocycles. The molecule has 1 aromatic rings. The molecule has 2 heterocycles. The molecule has 18 heavy (non-hydrogen) atoms. The van der Waals surface area contributed by atoms with Crippen LogP contribution in [0.1, 0.15) is 36.2 Å². The predicted molar refractivity (Wildman–Crippen MR) is 70.9 cm³/mol. The number of aliphatic carboxylic acids is 1. The Kier molecular flexibility index (Phi) is 3.99. The van der Waals surface area contributed by atoms with Crippen LogP contribution in [-0.4, -0.2) is 34.7 Å². The summed E-state index contributed by atoms with van der Waals surface area (Å²) in [5.41, 5.74) is -0.316. The van der Waals surface area contributed by atoms with Gasteiger partial charge in [-0.15, -0.1) is 11.3 Å². The third-order valence-electron chi connectivity index (χ3n) is 3.23. The van der Waals surface area contributed by atoms with E-state index in [0.717, 1.165) is 11.4 Å². The minimum Gasteiger partial charge on any atom is -0.481 e. The van der Waals surface area contributed by atoms with Gasteiger partial charge in [0, 0.05) is 24.2 Å². The average Bonchev–Trinajstić information content (AvgIpc) is 2.73. The highest BCUT2D eigenvalue weighted by molar-refractivity contribution is 7.11. The van der Waals surface area contributed by atoms with Gasteiger partial charge in [0.2, 0.25) is 0 Å². The highest BCUT2D eigenvalue weighted by Crippen LogP contribution is 2.25. The zero-order valence-corrected chi connectivity index (χ0v) is 11.5. The molecular formula is C12H19N3O2S. The van der Waals surface area contributed by atoms with E-state index < -0.39 is 5.97 Å². The molecule has 0 amide bonds. The largest absolute Gasteiger partial charge is 0.481 e. The summed E-state index contributed by atoms with van der Waals surface area (Å²) in [6.45, 7) is 5.56. The van der Waals surface area contributed by atoms with Crippen LogP contribution in [0.5, 0.6) is 0 Å². The monoisotopic (exact) mass is 269 g/mol. The summed E-state index contributed by atoms with van der Waals surface area (Å²) < 4.78 is 0. The number of carbonyl (C=O) groups is 1. The number of aryl methyl sites for hydroxylation is 1. The van der Waals surface area contributed by atoms with Crippen LogP contribution < -0.4 is 10.6 Å². The first-order valence-corrected chi connectivity index (χ1v) is 7.01. The predicted octanol–water partition coefficient (Wildman–Crippen LogP) is 1.17. The molecule has 1 saturated heterocycles. The van der Waals surface area contributed by atoms with E-state index in [-0.39, 0.29) is 18.0 Å². The van der Waals surface area contributed by atoms with Crippen LogP contribution in [0.25, 0.3) is 0 Å². The molecule has 5 nitrogen and oxygen atoms in total. The van der Waals surface area contributed by atoms with Crippen molar-refractivity contribution >= 4 is 17.3 Å². The summed E-state index contributed by atoms with van der Waals surface area (Å²) >= 11 is 1.69. The van der Waals surface area contributed by atoms with E-state index in [1.165, 1.54) is 4.88 Å². The van der Waals surface area contributed by atoms with Crippen LogP contribution in [0, 0.1) is 0 Å². The molecule has 0 aliphatic carbocycles. The van der Waals surface area contributed by atoms with Crippen LogP contribution in [0.2, 0.25) is 0 Å². The van der Waals surface area contributed by atoms with Gasteiger partial charge in [0.1, 0.15) is 5.01 Å². The number of aromatic nitrogens is 1. The Morgan fingerprint density at radius 2 is 2.44 bits per heavy atom. The van der Waals surface area contributed by atoms with Crippen LogP contribution in [0.15, 0.2) is 6.20 Å². The molecule has 0 aromatic carbocycles. The van der Waals surface area contributed by atoms with Crippen molar-refractivity contribution in [2.75, 3.05) is 13.1 Å². The van der Waals surface area contributed by atoms with Crippen LogP contribution in [0.3, 0.4) is 0 Å². The van der Waals surface area contributed by atoms with Gasteiger partial charge in [-0.25, -0.2) is 4.98 Å². The van der Waals surface area contributed by atoms with Crippen molar-refractivity contribution in [2.45, 2.75) is 38.3 Å². The minimum absolute atomic E-state index is 0.0942. The average molecular weight is 269 g/mol. The van der Waals surface area contributed by atoms with Gasteiger partial charge in [-0.05, 0) is 13.3 Å². The van der Waals surface area contributed by atoms with Crippen molar-refractivity contribution in [3.8, 4) is 0 Å². The molecule has 1 aliphatic heterocycles. The lowest BCUT2D eigenvalue weighted by molar-refractivity contribution is -0.139. The van der Waals surface area contributed by atoms with Gasteiger partial charge >= 0.3 is 5.97 Å². The maximum atomic E-state index is 10.9. The van der Waals surface area contributed by atoms with E-state index in [1.807, 2.05) is 13.1 Å². The number of carboxylic acid groups (broad SMARTS) is 1. The molecule has 100 valence electrons. The Hall–Kier alpha value is -0.980. The number of carboxylic acids is 1. The summed E-state index contributed by atoms with van der Waals surface area (Å²) in [5.74, 6) is -0.760. The first-order valence-electron chi connectivity index (χ1n) is 6.19. The fourth-order valence-corrected chi connectivity index (χ4v) is 3.06. The Bertz CT molecular complexity index is 429. The molecule has 0 spiro atoms. The van der Waals surface area contributed by atoms with Gasteiger partial charge in [-0.3, -0.25) is 10.1 Å². The fraction of sp³-hybridized carbons (Fsp3) is 0.667. The van der Waals surface area contributed by atoms with Gasteiger partial charge in [0.05, 0.1) is 18.0 Å². The number of hydrogen-bond acceptors (Lipinski definition) is 5. The van der Waals surface area contributed by atoms with Crippen molar-refractivity contribution in [1.29, 1.82) is 0 Å². The number of nitrogens with one attached hydrogen (secondary N) is 2. The molecule has 2 rings (SSSR count). The lowest BCUT2D eigenvalue weighted by atomic mass is 9.88. The van der Waals surface area contributed by atoms with E-state index in [9.17, 15) is 4.79 Å². The number of hydrogen-bond donors (Lipinski definition) is 3. The van der Waals surface area contributed by atoms with Gasteiger partial charge in [0.15, 0.2) is 0 Å². The quantitative estimate of drug-likeness (QED) is 0.723. The highest BCUT2D eigenvalue weighted by atomic mass is 32.1. The molecule has 0 bridgehead atoms. The van der Waals surface area contributed by atoms with Gasteiger partial charge in [-0.1, -0.05) is 6.92 Å². The Morgan fingerprint density at radius 3 is 2.89 bits per heavy atom. The van der Waals surface area contributed by atoms with Crippen molar-refractivity contribution in [1.82, 2.24) is 15.6 Å². The zero-order chi connectivity index (χ0) is 13.2. The molecule has 0 radical (unpaired) electrons. The molecule has 3 N–H and O–H groups in total. The van der Waals surface area contributed by atoms with Crippen molar-refractivity contribution in [2.24, 2.45) is 0 Å². The highest BCUT2D eigenvalue weighted by Gasteiger charge is 2.40. The van der Waals surface area contributed by atoms with Crippen LogP contribution >= 0.6 is 11.3 Å². The van der Waals surface area contributed by atoms with Crippen LogP contribution in [0.4, 0.5) is 0 Å². The molecule has 0 saturated carbocycles. The number of rotatable bonds is 6. The Labute approximate surface area is 111 Å². The molecule has 1 atom stereocenters. The van der Waals surface area contributed by atoms with Gasteiger partial charge in [0.25, 0.3) is 0 Å². The van der Waals surface area contributed by atoms with Crippen molar-refractivity contribution < 1.29 is 9.90 Å². The second-order valence-corrected chi connectivity index (χ2v) is 5.99. The molecule has 1 fully saturated rings. The standard InChI is InChI=1S/C12H19N3O2S/c1-3-9-5-14-11(18-9)8(2)15-12(4-10(16)17)6-13-7-12/h5,8,13,15H,3-4,6-7H2,1-2H3,(H,16,17). The smallest absolute Gasteiger partial charge is 0.305 e. The van der Waals surface area contributed by atoms with Crippen molar-refractivity contribution in [3.05, 3.63) is 16.1 Å². The normalized spacial score (nSPS) is 19.2. The minimum atomic E-state index is -0.760. The zero-order valence-electron chi connectivity index (χ0n) is 10.7. The molecule has 1 unspecified atom stereocenters. The Morgan fingerprint density at radius 1 is 1.72 bits per heavy atom. The fourth-order valence-electron chi connectivity index (χ4n) is 2.20. The third-order valence-corrected chi connectivity index (χ3v) is 4.55. The second-order valence-electron chi connectivity index (χ2n) is 4.84. The van der Waals surface area contributed by atoms with E-state index in [2.05, 4.69) is 22.5 Å². The molecule has 1 aliphatic rings. The summed E-state index contributed by atoms with van der Waals surface area (Å²) in [6, 6.07) is 0.0942. The Balaban J connectivity index is 2.01. The molecular weight excluding hydrogens is 250 g/mol. The second kappa shape index (κ2) is 5.34. The molecule has 6 heteroatoms. The van der Waals surface area contributed by atoms with E-state index >= 15 is 0 Å². The summed E-state index contributed by atoms with van der Waals surface area (Å²) in [4.78, 5) is 16.6. The van der Waals surface area contributed by atoms with Gasteiger partial charge < -0.3 is 10.4 Å². The maximum absolute atomic E-state index is 10.9.